The average Bonchev–Trinajstić information content (AvgIpc) is 3.49. The molecule has 4 rings (SSSR count). The maximum atomic E-state index is 12.7. The van der Waals surface area contributed by atoms with Gasteiger partial charge in [0.05, 0.1) is 0 Å². The number of rotatable bonds is 5. The van der Waals surface area contributed by atoms with Gasteiger partial charge in [-0.05, 0) is 42.7 Å². The summed E-state index contributed by atoms with van der Waals surface area (Å²) >= 11 is 0. The highest BCUT2D eigenvalue weighted by atomic mass is 16.2. The van der Waals surface area contributed by atoms with Crippen molar-refractivity contribution in [3.63, 3.8) is 0 Å². The van der Waals surface area contributed by atoms with Crippen molar-refractivity contribution < 1.29 is 4.79 Å². The molecule has 1 aliphatic carbocycles. The Labute approximate surface area is 148 Å². The van der Waals surface area contributed by atoms with Crippen LogP contribution in [0.1, 0.15) is 30.7 Å². The van der Waals surface area contributed by atoms with Crippen LogP contribution in [0.15, 0.2) is 48.8 Å². The van der Waals surface area contributed by atoms with Gasteiger partial charge in [0.2, 0.25) is 11.9 Å². The molecule has 1 amide bonds. The number of hydrogen-bond acceptors (Lipinski definition) is 4. The van der Waals surface area contributed by atoms with E-state index in [2.05, 4.69) is 44.5 Å². The molecule has 130 valence electrons. The predicted octanol–water partition coefficient (Wildman–Crippen LogP) is 2.93. The topological polar surface area (TPSA) is 58.1 Å². The molecule has 2 aromatic rings. The van der Waals surface area contributed by atoms with E-state index in [-0.39, 0.29) is 5.92 Å². The van der Waals surface area contributed by atoms with Gasteiger partial charge < -0.3 is 10.2 Å². The minimum Gasteiger partial charge on any atom is -0.354 e. The standard InChI is InChI=1S/C20H24N4O/c25-19(18-13-17(18)16-5-2-1-3-6-16)24-11-7-15(8-12-24)14-23-20-21-9-4-10-22-20/h1-6,9-10,15,17-18H,7-8,11-14H2,(H,21,22,23). The van der Waals surface area contributed by atoms with E-state index in [1.54, 1.807) is 12.4 Å². The van der Waals surface area contributed by atoms with Gasteiger partial charge in [-0.15, -0.1) is 0 Å². The Kier molecular flexibility index (Phi) is 4.63. The summed E-state index contributed by atoms with van der Waals surface area (Å²) in [5, 5.41) is 3.30. The second-order valence-corrected chi connectivity index (χ2v) is 7.08. The molecule has 1 aliphatic heterocycles. The molecule has 5 nitrogen and oxygen atoms in total. The van der Waals surface area contributed by atoms with Crippen molar-refractivity contribution in [3.8, 4) is 0 Å². The number of carbonyl (C=O) groups excluding carboxylic acids is 1. The number of benzene rings is 1. The molecule has 2 heterocycles. The van der Waals surface area contributed by atoms with E-state index in [4.69, 9.17) is 0 Å². The summed E-state index contributed by atoms with van der Waals surface area (Å²) in [4.78, 5) is 23.2. The molecule has 1 saturated carbocycles. The maximum absolute atomic E-state index is 12.7. The van der Waals surface area contributed by atoms with Crippen molar-refractivity contribution in [3.05, 3.63) is 54.4 Å². The first-order valence-corrected chi connectivity index (χ1v) is 9.16. The fourth-order valence-electron chi connectivity index (χ4n) is 3.75. The van der Waals surface area contributed by atoms with Crippen LogP contribution in [0.25, 0.3) is 0 Å². The van der Waals surface area contributed by atoms with Crippen LogP contribution < -0.4 is 5.32 Å². The Hall–Kier alpha value is -2.43. The SMILES string of the molecule is O=C(C1CC1c1ccccc1)N1CCC(CNc2ncccn2)CC1. The fourth-order valence-corrected chi connectivity index (χ4v) is 3.75. The van der Waals surface area contributed by atoms with Gasteiger partial charge in [-0.2, -0.15) is 0 Å². The second kappa shape index (κ2) is 7.21. The molecule has 0 radical (unpaired) electrons. The predicted molar refractivity (Wildman–Crippen MR) is 97.1 cm³/mol. The Bertz CT molecular complexity index is 698. The van der Waals surface area contributed by atoms with E-state index in [1.807, 2.05) is 12.1 Å². The average molecular weight is 336 g/mol. The summed E-state index contributed by atoms with van der Waals surface area (Å²) in [7, 11) is 0. The molecule has 2 atom stereocenters. The van der Waals surface area contributed by atoms with Crippen molar-refractivity contribution in [2.75, 3.05) is 25.0 Å². The molecule has 1 N–H and O–H groups in total. The Morgan fingerprint density at radius 1 is 1.08 bits per heavy atom. The Morgan fingerprint density at radius 2 is 1.80 bits per heavy atom. The number of carbonyl (C=O) groups is 1. The maximum Gasteiger partial charge on any atom is 0.226 e. The third kappa shape index (κ3) is 3.81. The fraction of sp³-hybridized carbons (Fsp3) is 0.450. The highest BCUT2D eigenvalue weighted by molar-refractivity contribution is 5.83. The zero-order chi connectivity index (χ0) is 17.1. The number of piperidine rings is 1. The minimum absolute atomic E-state index is 0.204. The van der Waals surface area contributed by atoms with E-state index < -0.39 is 0 Å². The van der Waals surface area contributed by atoms with Gasteiger partial charge in [-0.1, -0.05) is 30.3 Å². The third-order valence-electron chi connectivity index (χ3n) is 5.38. The number of hydrogen-bond donors (Lipinski definition) is 1. The van der Waals surface area contributed by atoms with Gasteiger partial charge >= 0.3 is 0 Å². The van der Waals surface area contributed by atoms with E-state index in [9.17, 15) is 4.79 Å². The summed E-state index contributed by atoms with van der Waals surface area (Å²) in [5.74, 6) is 2.26. The van der Waals surface area contributed by atoms with Crippen LogP contribution >= 0.6 is 0 Å². The van der Waals surface area contributed by atoms with Crippen LogP contribution in [0.2, 0.25) is 0 Å². The van der Waals surface area contributed by atoms with E-state index >= 15 is 0 Å². The van der Waals surface area contributed by atoms with Gasteiger partial charge in [0.1, 0.15) is 0 Å². The highest BCUT2D eigenvalue weighted by Crippen LogP contribution is 2.48. The number of nitrogens with zero attached hydrogens (tertiary/aromatic N) is 3. The van der Waals surface area contributed by atoms with Gasteiger partial charge in [0.15, 0.2) is 0 Å². The quantitative estimate of drug-likeness (QED) is 0.912. The second-order valence-electron chi connectivity index (χ2n) is 7.08. The molecule has 1 saturated heterocycles. The molecular weight excluding hydrogens is 312 g/mol. The minimum atomic E-state index is 0.204. The summed E-state index contributed by atoms with van der Waals surface area (Å²) in [5.41, 5.74) is 1.31. The number of nitrogens with one attached hydrogen (secondary N) is 1. The van der Waals surface area contributed by atoms with Crippen LogP contribution in [0, 0.1) is 11.8 Å². The lowest BCUT2D eigenvalue weighted by Gasteiger charge is -2.32. The number of anilines is 1. The first-order chi connectivity index (χ1) is 12.3. The summed E-state index contributed by atoms with van der Waals surface area (Å²) in [6.45, 7) is 2.62. The Morgan fingerprint density at radius 3 is 2.52 bits per heavy atom. The zero-order valence-electron chi connectivity index (χ0n) is 14.3. The monoisotopic (exact) mass is 336 g/mol. The lowest BCUT2D eigenvalue weighted by Crippen LogP contribution is -2.40. The zero-order valence-corrected chi connectivity index (χ0v) is 14.3. The molecule has 5 heteroatoms. The van der Waals surface area contributed by atoms with Crippen molar-refractivity contribution in [1.82, 2.24) is 14.9 Å². The van der Waals surface area contributed by atoms with Crippen molar-refractivity contribution in [2.24, 2.45) is 11.8 Å². The number of amides is 1. The summed E-state index contributed by atoms with van der Waals surface area (Å²) in [6, 6.07) is 12.2. The molecule has 1 aromatic carbocycles. The highest BCUT2D eigenvalue weighted by Gasteiger charge is 2.45. The van der Waals surface area contributed by atoms with Gasteiger partial charge in [-0.25, -0.2) is 9.97 Å². The van der Waals surface area contributed by atoms with Gasteiger partial charge in [-0.3, -0.25) is 4.79 Å². The lowest BCUT2D eigenvalue weighted by atomic mass is 9.96. The molecule has 2 aliphatic rings. The molecule has 2 fully saturated rings. The lowest BCUT2D eigenvalue weighted by molar-refractivity contribution is -0.134. The third-order valence-corrected chi connectivity index (χ3v) is 5.38. The van der Waals surface area contributed by atoms with Crippen LogP contribution in [0.3, 0.4) is 0 Å². The van der Waals surface area contributed by atoms with Crippen LogP contribution in [-0.2, 0) is 4.79 Å². The summed E-state index contributed by atoms with van der Waals surface area (Å²) in [6.07, 6.45) is 6.60. The largest absolute Gasteiger partial charge is 0.354 e. The van der Waals surface area contributed by atoms with Gasteiger partial charge in [0.25, 0.3) is 0 Å². The first-order valence-electron chi connectivity index (χ1n) is 9.16. The normalized spacial score (nSPS) is 23.3. The molecule has 25 heavy (non-hydrogen) atoms. The van der Waals surface area contributed by atoms with Crippen molar-refractivity contribution >= 4 is 11.9 Å². The van der Waals surface area contributed by atoms with Gasteiger partial charge in [0, 0.05) is 37.9 Å². The van der Waals surface area contributed by atoms with Crippen molar-refractivity contribution in [2.45, 2.75) is 25.2 Å². The van der Waals surface area contributed by atoms with Crippen LogP contribution in [0.5, 0.6) is 0 Å². The van der Waals surface area contributed by atoms with Crippen molar-refractivity contribution in [1.29, 1.82) is 0 Å². The molecular formula is C20H24N4O. The van der Waals surface area contributed by atoms with E-state index in [1.165, 1.54) is 5.56 Å². The van der Waals surface area contributed by atoms with E-state index in [0.29, 0.717) is 23.7 Å². The molecule has 2 unspecified atom stereocenters. The molecule has 0 bridgehead atoms. The van der Waals surface area contributed by atoms with Crippen LogP contribution in [0.4, 0.5) is 5.95 Å². The Balaban J connectivity index is 1.23. The number of aromatic nitrogens is 2. The van der Waals surface area contributed by atoms with Crippen LogP contribution in [-0.4, -0.2) is 40.4 Å². The summed E-state index contributed by atoms with van der Waals surface area (Å²) < 4.78 is 0. The molecule has 1 aromatic heterocycles. The smallest absolute Gasteiger partial charge is 0.226 e. The molecule has 0 spiro atoms. The first kappa shape index (κ1) is 16.1. The van der Waals surface area contributed by atoms with E-state index in [0.717, 1.165) is 38.9 Å². The number of likely N-dealkylation sites (tertiary alicyclic amines) is 1.